The topological polar surface area (TPSA) is 0 Å². The van der Waals surface area contributed by atoms with Gasteiger partial charge in [0.05, 0.1) is 0 Å². The van der Waals surface area contributed by atoms with E-state index in [0.29, 0.717) is 5.41 Å². The zero-order valence-corrected chi connectivity index (χ0v) is 9.52. The van der Waals surface area contributed by atoms with Crippen molar-refractivity contribution in [2.75, 3.05) is 5.08 Å². The van der Waals surface area contributed by atoms with Crippen LogP contribution in [0.25, 0.3) is 0 Å². The quantitative estimate of drug-likeness (QED) is 0.619. The molecule has 0 saturated carbocycles. The molecule has 2 heteroatoms. The van der Waals surface area contributed by atoms with Crippen LogP contribution in [0.2, 0.25) is 0 Å². The summed E-state index contributed by atoms with van der Waals surface area (Å²) in [6, 6.07) is 0. The largest absolute Gasteiger partial charge is 0.147 e. The van der Waals surface area contributed by atoms with Crippen LogP contribution in [0.5, 0.6) is 0 Å². The van der Waals surface area contributed by atoms with E-state index < -0.39 is 0 Å². The van der Waals surface area contributed by atoms with Gasteiger partial charge in [-0.1, -0.05) is 27.7 Å². The molecule has 0 spiro atoms. The smallest absolute Gasteiger partial charge is 0.0398 e. The maximum Gasteiger partial charge on any atom is 0.0398 e. The molecule has 1 aliphatic heterocycles. The van der Waals surface area contributed by atoms with Gasteiger partial charge in [0.25, 0.3) is 0 Å². The van der Waals surface area contributed by atoms with Crippen molar-refractivity contribution in [3.8, 4) is 0 Å². The molecule has 1 rings (SSSR count). The van der Waals surface area contributed by atoms with E-state index >= 15 is 0 Å². The Kier molecular flexibility index (Phi) is 3.21. The summed E-state index contributed by atoms with van der Waals surface area (Å²) in [6.45, 7) is 9.37. The van der Waals surface area contributed by atoms with Crippen LogP contribution < -0.4 is 0 Å². The Bertz CT molecular complexity index is 126. The zero-order chi connectivity index (χ0) is 8.48. The van der Waals surface area contributed by atoms with Crippen LogP contribution in [-0.2, 0) is 0 Å². The molecule has 1 aliphatic rings. The summed E-state index contributed by atoms with van der Waals surface area (Å²) in [5.41, 5.74) is 0.511. The van der Waals surface area contributed by atoms with Gasteiger partial charge in [-0.25, -0.2) is 0 Å². The van der Waals surface area contributed by atoms with Gasteiger partial charge in [-0.3, -0.25) is 0 Å². The maximum atomic E-state index is 2.36. The molecule has 0 aromatic heterocycles. The van der Waals surface area contributed by atoms with E-state index in [2.05, 4.69) is 51.2 Å². The molecule has 1 fully saturated rings. The van der Waals surface area contributed by atoms with E-state index in [9.17, 15) is 0 Å². The predicted octanol–water partition coefficient (Wildman–Crippen LogP) is 3.62. The van der Waals surface area contributed by atoms with Crippen molar-refractivity contribution in [1.29, 1.82) is 0 Å². The Labute approximate surface area is 78.9 Å². The summed E-state index contributed by atoms with van der Waals surface area (Å²) >= 11 is 4.25. The molecule has 0 bridgehead atoms. The average Bonchev–Trinajstić information content (AvgIpc) is 2.12. The monoisotopic (exact) mass is 190 g/mol. The summed E-state index contributed by atoms with van der Waals surface area (Å²) < 4.78 is 0. The first-order valence-corrected chi connectivity index (χ1v) is 6.32. The summed E-state index contributed by atoms with van der Waals surface area (Å²) in [5.74, 6) is 0. The Hall–Kier alpha value is 0.700. The van der Waals surface area contributed by atoms with Gasteiger partial charge in [0.2, 0.25) is 0 Å². The van der Waals surface area contributed by atoms with Gasteiger partial charge in [-0.05, 0) is 11.8 Å². The first-order chi connectivity index (χ1) is 4.99. The molecule has 66 valence electrons. The fraction of sp³-hybridized carbons (Fsp3) is 1.00. The van der Waals surface area contributed by atoms with Crippen molar-refractivity contribution >= 4 is 23.5 Å². The van der Waals surface area contributed by atoms with E-state index in [1.54, 1.807) is 0 Å². The standard InChI is InChI=1S/C9H18S2/c1-7-8(11-6-10-7)5-9(2,3)4/h7-8H,5-6H2,1-4H3/t7-,8-/m0/s1. The van der Waals surface area contributed by atoms with Crippen LogP contribution in [0, 0.1) is 5.41 Å². The molecule has 0 N–H and O–H groups in total. The van der Waals surface area contributed by atoms with Gasteiger partial charge in [-0.2, -0.15) is 0 Å². The van der Waals surface area contributed by atoms with Gasteiger partial charge in [0.1, 0.15) is 0 Å². The lowest BCUT2D eigenvalue weighted by Gasteiger charge is -2.24. The second-order valence-electron chi connectivity index (χ2n) is 4.46. The molecule has 2 atom stereocenters. The van der Waals surface area contributed by atoms with Gasteiger partial charge in [0, 0.05) is 15.6 Å². The summed E-state index contributed by atoms with van der Waals surface area (Å²) in [4.78, 5) is 0. The van der Waals surface area contributed by atoms with Crippen LogP contribution in [0.4, 0.5) is 0 Å². The van der Waals surface area contributed by atoms with Gasteiger partial charge in [0.15, 0.2) is 0 Å². The van der Waals surface area contributed by atoms with Crippen molar-refractivity contribution in [3.05, 3.63) is 0 Å². The van der Waals surface area contributed by atoms with E-state index in [1.165, 1.54) is 11.5 Å². The van der Waals surface area contributed by atoms with Crippen molar-refractivity contribution in [1.82, 2.24) is 0 Å². The normalized spacial score (nSPS) is 32.7. The molecular weight excluding hydrogens is 172 g/mol. The molecule has 0 radical (unpaired) electrons. The maximum absolute atomic E-state index is 2.36. The average molecular weight is 190 g/mol. The molecule has 0 amide bonds. The number of hydrogen-bond donors (Lipinski definition) is 0. The number of rotatable bonds is 1. The fourth-order valence-electron chi connectivity index (χ4n) is 1.31. The Morgan fingerprint density at radius 1 is 1.27 bits per heavy atom. The van der Waals surface area contributed by atoms with E-state index in [4.69, 9.17) is 0 Å². The highest BCUT2D eigenvalue weighted by Gasteiger charge is 2.28. The minimum absolute atomic E-state index is 0.511. The molecule has 1 saturated heterocycles. The Balaban J connectivity index is 2.37. The first-order valence-electron chi connectivity index (χ1n) is 4.22. The van der Waals surface area contributed by atoms with Crippen molar-refractivity contribution in [2.24, 2.45) is 5.41 Å². The summed E-state index contributed by atoms with van der Waals surface area (Å²) in [6.07, 6.45) is 1.37. The van der Waals surface area contributed by atoms with Crippen molar-refractivity contribution in [3.63, 3.8) is 0 Å². The lowest BCUT2D eigenvalue weighted by atomic mass is 9.89. The summed E-state index contributed by atoms with van der Waals surface area (Å²) in [5, 5.41) is 3.08. The van der Waals surface area contributed by atoms with Crippen molar-refractivity contribution in [2.45, 2.75) is 44.6 Å². The fourth-order valence-corrected chi connectivity index (χ4v) is 4.85. The highest BCUT2D eigenvalue weighted by Crippen LogP contribution is 2.41. The lowest BCUT2D eigenvalue weighted by Crippen LogP contribution is -2.19. The third kappa shape index (κ3) is 3.29. The van der Waals surface area contributed by atoms with Gasteiger partial charge in [-0.15, -0.1) is 23.5 Å². The molecule has 11 heavy (non-hydrogen) atoms. The molecule has 1 heterocycles. The third-order valence-electron chi connectivity index (χ3n) is 1.95. The minimum atomic E-state index is 0.511. The number of hydrogen-bond acceptors (Lipinski definition) is 2. The van der Waals surface area contributed by atoms with Gasteiger partial charge < -0.3 is 0 Å². The molecular formula is C9H18S2. The van der Waals surface area contributed by atoms with E-state index in [1.807, 2.05) is 0 Å². The minimum Gasteiger partial charge on any atom is -0.147 e. The van der Waals surface area contributed by atoms with E-state index in [-0.39, 0.29) is 0 Å². The lowest BCUT2D eigenvalue weighted by molar-refractivity contribution is 0.372. The molecule has 0 aliphatic carbocycles. The zero-order valence-electron chi connectivity index (χ0n) is 7.89. The van der Waals surface area contributed by atoms with Crippen LogP contribution in [0.15, 0.2) is 0 Å². The van der Waals surface area contributed by atoms with Crippen molar-refractivity contribution < 1.29 is 0 Å². The van der Waals surface area contributed by atoms with Crippen LogP contribution in [0.1, 0.15) is 34.1 Å². The Morgan fingerprint density at radius 2 is 1.91 bits per heavy atom. The first kappa shape index (κ1) is 9.79. The predicted molar refractivity (Wildman–Crippen MR) is 57.4 cm³/mol. The van der Waals surface area contributed by atoms with E-state index in [0.717, 1.165) is 10.5 Å². The van der Waals surface area contributed by atoms with Crippen LogP contribution in [-0.4, -0.2) is 15.6 Å². The van der Waals surface area contributed by atoms with Gasteiger partial charge >= 0.3 is 0 Å². The highest BCUT2D eigenvalue weighted by atomic mass is 32.2. The summed E-state index contributed by atoms with van der Waals surface area (Å²) in [7, 11) is 0. The second-order valence-corrected chi connectivity index (χ2v) is 7.42. The highest BCUT2D eigenvalue weighted by molar-refractivity contribution is 8.19. The Morgan fingerprint density at radius 3 is 2.27 bits per heavy atom. The molecule has 0 nitrogen and oxygen atoms in total. The van der Waals surface area contributed by atoms with Crippen LogP contribution in [0.3, 0.4) is 0 Å². The third-order valence-corrected chi connectivity index (χ3v) is 5.07. The molecule has 0 aromatic carbocycles. The molecule has 0 unspecified atom stereocenters. The second kappa shape index (κ2) is 3.61. The molecule has 0 aromatic rings. The SMILES string of the molecule is C[C@@H]1SCS[C@H]1CC(C)(C)C. The van der Waals surface area contributed by atoms with Crippen LogP contribution >= 0.6 is 23.5 Å². The number of thioether (sulfide) groups is 2.